The highest BCUT2D eigenvalue weighted by Gasteiger charge is 2.20. The number of benzene rings is 1. The summed E-state index contributed by atoms with van der Waals surface area (Å²) in [6.45, 7) is 7.65. The van der Waals surface area contributed by atoms with Gasteiger partial charge in [0.05, 0.1) is 4.90 Å². The van der Waals surface area contributed by atoms with Gasteiger partial charge in [0.1, 0.15) is 5.82 Å². The first kappa shape index (κ1) is 21.5. The van der Waals surface area contributed by atoms with E-state index in [9.17, 15) is 17.6 Å². The average Bonchev–Trinajstić information content (AvgIpc) is 2.59. The fourth-order valence-corrected chi connectivity index (χ4v) is 3.56. The number of nitrogens with one attached hydrogen (secondary N) is 1. The van der Waals surface area contributed by atoms with Crippen LogP contribution in [0.4, 0.5) is 4.39 Å². The Morgan fingerprint density at radius 2 is 1.72 bits per heavy atom. The number of nitrogens with zero attached hydrogens (tertiary/aromatic N) is 2. The van der Waals surface area contributed by atoms with Crippen molar-refractivity contribution in [2.24, 2.45) is 0 Å². The van der Waals surface area contributed by atoms with Crippen molar-refractivity contribution in [2.45, 2.75) is 31.6 Å². The van der Waals surface area contributed by atoms with Crippen molar-refractivity contribution >= 4 is 15.9 Å². The molecule has 0 saturated heterocycles. The third-order valence-electron chi connectivity index (χ3n) is 4.04. The van der Waals surface area contributed by atoms with Gasteiger partial charge in [-0.05, 0) is 43.8 Å². The highest BCUT2D eigenvalue weighted by atomic mass is 32.2. The maximum Gasteiger partial charge on any atom is 0.242 e. The summed E-state index contributed by atoms with van der Waals surface area (Å²) in [5, 5.41) is 2.84. The molecule has 1 rings (SSSR count). The molecule has 0 bridgehead atoms. The summed E-state index contributed by atoms with van der Waals surface area (Å²) in [5.41, 5.74) is 0. The van der Waals surface area contributed by atoms with Crippen LogP contribution >= 0.6 is 0 Å². The third-order valence-corrected chi connectivity index (χ3v) is 5.91. The van der Waals surface area contributed by atoms with Gasteiger partial charge in [-0.25, -0.2) is 17.1 Å². The molecular weight excluding hydrogens is 345 g/mol. The Bertz CT molecular complexity index is 631. The van der Waals surface area contributed by atoms with Gasteiger partial charge >= 0.3 is 0 Å². The zero-order valence-electron chi connectivity index (χ0n) is 15.2. The number of likely N-dealkylation sites (N-methyl/N-ethyl adjacent to an activating group) is 1. The predicted octanol–water partition coefficient (Wildman–Crippen LogP) is 1.68. The second-order valence-corrected chi connectivity index (χ2v) is 7.81. The highest BCUT2D eigenvalue weighted by molar-refractivity contribution is 7.89. The number of sulfonamides is 1. The Morgan fingerprint density at radius 1 is 1.12 bits per heavy atom. The van der Waals surface area contributed by atoms with Crippen LogP contribution in [0.15, 0.2) is 29.2 Å². The molecule has 1 N–H and O–H groups in total. The Balaban J connectivity index is 2.37. The lowest BCUT2D eigenvalue weighted by Gasteiger charge is -2.18. The quantitative estimate of drug-likeness (QED) is 0.641. The number of halogens is 1. The van der Waals surface area contributed by atoms with Gasteiger partial charge in [0.15, 0.2) is 0 Å². The van der Waals surface area contributed by atoms with E-state index in [1.165, 1.54) is 23.5 Å². The van der Waals surface area contributed by atoms with Gasteiger partial charge in [0.2, 0.25) is 15.9 Å². The maximum atomic E-state index is 12.9. The number of amides is 1. The van der Waals surface area contributed by atoms with E-state index in [4.69, 9.17) is 0 Å². The van der Waals surface area contributed by atoms with E-state index in [0.717, 1.165) is 31.8 Å². The first-order valence-corrected chi connectivity index (χ1v) is 9.96. The molecule has 0 heterocycles. The summed E-state index contributed by atoms with van der Waals surface area (Å²) < 4.78 is 38.8. The lowest BCUT2D eigenvalue weighted by molar-refractivity contribution is -0.121. The minimum atomic E-state index is -3.66. The normalized spacial score (nSPS) is 11.9. The number of carbonyl (C=O) groups is 1. The molecule has 142 valence electrons. The van der Waals surface area contributed by atoms with Gasteiger partial charge in [-0.15, -0.1) is 0 Å². The minimum absolute atomic E-state index is 0.0417. The molecule has 0 aromatic heterocycles. The van der Waals surface area contributed by atoms with Crippen molar-refractivity contribution in [2.75, 3.05) is 39.8 Å². The van der Waals surface area contributed by atoms with Gasteiger partial charge in [-0.1, -0.05) is 13.8 Å². The van der Waals surface area contributed by atoms with Crippen LogP contribution in [0.1, 0.15) is 26.7 Å². The molecule has 25 heavy (non-hydrogen) atoms. The Morgan fingerprint density at radius 3 is 2.28 bits per heavy atom. The summed E-state index contributed by atoms with van der Waals surface area (Å²) in [6, 6.07) is 4.70. The van der Waals surface area contributed by atoms with E-state index in [1.807, 2.05) is 0 Å². The van der Waals surface area contributed by atoms with E-state index in [2.05, 4.69) is 24.1 Å². The zero-order valence-corrected chi connectivity index (χ0v) is 16.0. The van der Waals surface area contributed by atoms with Crippen LogP contribution in [0.3, 0.4) is 0 Å². The van der Waals surface area contributed by atoms with Gasteiger partial charge < -0.3 is 10.2 Å². The average molecular weight is 373 g/mol. The summed E-state index contributed by atoms with van der Waals surface area (Å²) in [5.74, 6) is -0.567. The summed E-state index contributed by atoms with van der Waals surface area (Å²) >= 11 is 0. The van der Waals surface area contributed by atoms with Crippen molar-refractivity contribution in [3.8, 4) is 0 Å². The third kappa shape index (κ3) is 7.09. The summed E-state index contributed by atoms with van der Waals surface area (Å²) in [4.78, 5) is 14.1. The van der Waals surface area contributed by atoms with E-state index >= 15 is 0 Å². The molecular formula is C17H28FN3O3S. The van der Waals surface area contributed by atoms with Gasteiger partial charge in [0.25, 0.3) is 0 Å². The van der Waals surface area contributed by atoms with Crippen molar-refractivity contribution in [3.63, 3.8) is 0 Å². The smallest absolute Gasteiger partial charge is 0.242 e. The van der Waals surface area contributed by atoms with Crippen molar-refractivity contribution in [1.82, 2.24) is 14.5 Å². The zero-order chi connectivity index (χ0) is 18.9. The molecule has 0 saturated carbocycles. The standard InChI is InChI=1S/C17H28FN3O3S/c1-4-21(5-2)14-12-19-17(22)7-6-13-20(3)25(23,24)16-10-8-15(18)9-11-16/h8-11H,4-7,12-14H2,1-3H3,(H,19,22). The molecule has 6 nitrogen and oxygen atoms in total. The number of hydrogen-bond donors (Lipinski definition) is 1. The molecule has 0 spiro atoms. The fourth-order valence-electron chi connectivity index (χ4n) is 2.35. The highest BCUT2D eigenvalue weighted by Crippen LogP contribution is 2.15. The Hall–Kier alpha value is -1.51. The maximum absolute atomic E-state index is 12.9. The molecule has 1 aromatic rings. The summed E-state index contributed by atoms with van der Waals surface area (Å²) in [7, 11) is -2.21. The minimum Gasteiger partial charge on any atom is -0.355 e. The van der Waals surface area contributed by atoms with Crippen molar-refractivity contribution < 1.29 is 17.6 Å². The molecule has 1 amide bonds. The van der Waals surface area contributed by atoms with E-state index in [-0.39, 0.29) is 23.8 Å². The molecule has 0 atom stereocenters. The molecule has 0 aliphatic carbocycles. The van der Waals surface area contributed by atoms with Crippen molar-refractivity contribution in [3.05, 3.63) is 30.1 Å². The summed E-state index contributed by atoms with van der Waals surface area (Å²) in [6.07, 6.45) is 0.690. The number of carbonyl (C=O) groups excluding carboxylic acids is 1. The largest absolute Gasteiger partial charge is 0.355 e. The van der Waals surface area contributed by atoms with Gasteiger partial charge in [0, 0.05) is 33.1 Å². The van der Waals surface area contributed by atoms with E-state index < -0.39 is 15.8 Å². The lowest BCUT2D eigenvalue weighted by Crippen LogP contribution is -2.35. The van der Waals surface area contributed by atoms with Crippen LogP contribution in [-0.4, -0.2) is 63.3 Å². The first-order chi connectivity index (χ1) is 11.8. The fraction of sp³-hybridized carbons (Fsp3) is 0.588. The monoisotopic (exact) mass is 373 g/mol. The molecule has 8 heteroatoms. The van der Waals surface area contributed by atoms with E-state index in [0.29, 0.717) is 13.0 Å². The first-order valence-electron chi connectivity index (χ1n) is 8.52. The molecule has 0 aliphatic rings. The second kappa shape index (κ2) is 10.5. The number of rotatable bonds is 11. The van der Waals surface area contributed by atoms with Crippen LogP contribution in [0.5, 0.6) is 0 Å². The SMILES string of the molecule is CCN(CC)CCNC(=O)CCCN(C)S(=O)(=O)c1ccc(F)cc1. The second-order valence-electron chi connectivity index (χ2n) is 5.76. The van der Waals surface area contributed by atoms with Crippen LogP contribution < -0.4 is 5.32 Å². The van der Waals surface area contributed by atoms with E-state index in [1.54, 1.807) is 0 Å². The molecule has 0 fully saturated rings. The van der Waals surface area contributed by atoms with Crippen LogP contribution in [-0.2, 0) is 14.8 Å². The van der Waals surface area contributed by atoms with Gasteiger partial charge in [-0.3, -0.25) is 4.79 Å². The van der Waals surface area contributed by atoms with Crippen LogP contribution in [0.2, 0.25) is 0 Å². The number of hydrogen-bond acceptors (Lipinski definition) is 4. The van der Waals surface area contributed by atoms with Crippen molar-refractivity contribution in [1.29, 1.82) is 0 Å². The molecule has 1 aromatic carbocycles. The Kier molecular flexibility index (Phi) is 9.02. The molecule has 0 radical (unpaired) electrons. The predicted molar refractivity (Wildman–Crippen MR) is 96.2 cm³/mol. The molecule has 0 aliphatic heterocycles. The lowest BCUT2D eigenvalue weighted by atomic mass is 10.3. The van der Waals surface area contributed by atoms with Crippen LogP contribution in [0.25, 0.3) is 0 Å². The van der Waals surface area contributed by atoms with Crippen LogP contribution in [0, 0.1) is 5.82 Å². The Labute approximate surface area is 150 Å². The topological polar surface area (TPSA) is 69.7 Å². The van der Waals surface area contributed by atoms with Gasteiger partial charge in [-0.2, -0.15) is 0 Å². The molecule has 0 unspecified atom stereocenters.